The van der Waals surface area contributed by atoms with Gasteiger partial charge < -0.3 is 20.5 Å². The molecule has 0 aromatic rings. The summed E-state index contributed by atoms with van der Waals surface area (Å²) in [5.41, 5.74) is -0.239. The van der Waals surface area contributed by atoms with Crippen LogP contribution in [0, 0.1) is 11.3 Å². The van der Waals surface area contributed by atoms with Crippen molar-refractivity contribution in [1.82, 2.24) is 10.6 Å². The number of aliphatic carboxylic acids is 1. The molecule has 0 aromatic carbocycles. The van der Waals surface area contributed by atoms with Gasteiger partial charge in [-0.1, -0.05) is 20.3 Å². The molecular weight excluding hydrogens is 272 g/mol. The van der Waals surface area contributed by atoms with Crippen molar-refractivity contribution in [3.05, 3.63) is 0 Å². The smallest absolute Gasteiger partial charge is 0.314 e. The number of urea groups is 1. The third-order valence-corrected chi connectivity index (χ3v) is 3.94. The first-order valence-electron chi connectivity index (χ1n) is 7.75. The van der Waals surface area contributed by atoms with Gasteiger partial charge in [0.1, 0.15) is 0 Å². The molecule has 0 heterocycles. The van der Waals surface area contributed by atoms with Crippen molar-refractivity contribution in [1.29, 1.82) is 0 Å². The Morgan fingerprint density at radius 1 is 1.24 bits per heavy atom. The fourth-order valence-corrected chi connectivity index (χ4v) is 2.40. The first-order valence-corrected chi connectivity index (χ1v) is 7.75. The normalized spacial score (nSPS) is 16.3. The molecule has 122 valence electrons. The number of carbonyl (C=O) groups is 2. The summed E-state index contributed by atoms with van der Waals surface area (Å²) in [5, 5.41) is 14.4. The molecule has 0 atom stereocenters. The van der Waals surface area contributed by atoms with E-state index in [-0.39, 0.29) is 17.9 Å². The number of amides is 2. The van der Waals surface area contributed by atoms with E-state index in [1.165, 1.54) is 0 Å². The molecule has 0 aliphatic heterocycles. The van der Waals surface area contributed by atoms with E-state index in [1.54, 1.807) is 0 Å². The lowest BCUT2D eigenvalue weighted by Gasteiger charge is -2.40. The predicted octanol–water partition coefficient (Wildman–Crippen LogP) is 1.99. The van der Waals surface area contributed by atoms with Crippen LogP contribution in [0.3, 0.4) is 0 Å². The highest BCUT2D eigenvalue weighted by Crippen LogP contribution is 2.43. The number of rotatable bonds is 10. The third kappa shape index (κ3) is 7.32. The van der Waals surface area contributed by atoms with Gasteiger partial charge in [0.2, 0.25) is 0 Å². The van der Waals surface area contributed by atoms with Crippen LogP contribution in [-0.2, 0) is 9.53 Å². The van der Waals surface area contributed by atoms with Crippen LogP contribution in [0.1, 0.15) is 46.0 Å². The molecule has 3 N–H and O–H groups in total. The van der Waals surface area contributed by atoms with Crippen molar-refractivity contribution < 1.29 is 19.4 Å². The van der Waals surface area contributed by atoms with E-state index in [9.17, 15) is 9.59 Å². The van der Waals surface area contributed by atoms with E-state index in [0.717, 1.165) is 25.7 Å². The summed E-state index contributed by atoms with van der Waals surface area (Å²) in [7, 11) is 0. The van der Waals surface area contributed by atoms with Gasteiger partial charge in [0.25, 0.3) is 0 Å². The van der Waals surface area contributed by atoms with Crippen molar-refractivity contribution in [2.45, 2.75) is 46.0 Å². The minimum absolute atomic E-state index is 0.131. The second kappa shape index (κ2) is 8.87. The molecule has 1 rings (SSSR count). The first-order chi connectivity index (χ1) is 9.93. The summed E-state index contributed by atoms with van der Waals surface area (Å²) < 4.78 is 5.41. The molecule has 0 aromatic heterocycles. The summed E-state index contributed by atoms with van der Waals surface area (Å²) in [6.45, 7) is 6.39. The summed E-state index contributed by atoms with van der Waals surface area (Å²) in [6, 6.07) is -0.251. The van der Waals surface area contributed by atoms with Gasteiger partial charge in [0.05, 0.1) is 13.0 Å². The Bertz CT molecular complexity index is 341. The van der Waals surface area contributed by atoms with Crippen LogP contribution in [0.15, 0.2) is 0 Å². The van der Waals surface area contributed by atoms with E-state index in [1.807, 2.05) is 0 Å². The molecule has 1 saturated carbocycles. The van der Waals surface area contributed by atoms with Crippen molar-refractivity contribution in [3.8, 4) is 0 Å². The molecule has 2 amide bonds. The minimum Gasteiger partial charge on any atom is -0.481 e. The van der Waals surface area contributed by atoms with Crippen LogP contribution in [0.4, 0.5) is 4.79 Å². The monoisotopic (exact) mass is 300 g/mol. The average molecular weight is 300 g/mol. The van der Waals surface area contributed by atoms with Gasteiger partial charge >= 0.3 is 12.0 Å². The van der Waals surface area contributed by atoms with Crippen LogP contribution >= 0.6 is 0 Å². The molecule has 0 unspecified atom stereocenters. The van der Waals surface area contributed by atoms with Gasteiger partial charge in [-0.3, -0.25) is 4.79 Å². The van der Waals surface area contributed by atoms with Gasteiger partial charge in [-0.15, -0.1) is 0 Å². The van der Waals surface area contributed by atoms with E-state index in [2.05, 4.69) is 24.5 Å². The quantitative estimate of drug-likeness (QED) is 0.538. The molecular formula is C15H28N2O4. The Hall–Kier alpha value is -1.30. The van der Waals surface area contributed by atoms with Gasteiger partial charge in [-0.2, -0.15) is 0 Å². The Kier molecular flexibility index (Phi) is 7.50. The second-order valence-corrected chi connectivity index (χ2v) is 6.33. The molecule has 0 spiro atoms. The zero-order valence-electron chi connectivity index (χ0n) is 13.1. The average Bonchev–Trinajstić information content (AvgIpc) is 2.36. The lowest BCUT2D eigenvalue weighted by molar-refractivity contribution is -0.141. The molecule has 21 heavy (non-hydrogen) atoms. The highest BCUT2D eigenvalue weighted by atomic mass is 16.5. The first kappa shape index (κ1) is 17.8. The number of hydrogen-bond donors (Lipinski definition) is 3. The van der Waals surface area contributed by atoms with Crippen LogP contribution in [0.5, 0.6) is 0 Å². The summed E-state index contributed by atoms with van der Waals surface area (Å²) in [6.07, 6.45) is 3.94. The molecule has 0 saturated heterocycles. The molecule has 1 aliphatic rings. The summed E-state index contributed by atoms with van der Waals surface area (Å²) in [5.74, 6) is -0.176. The molecule has 1 fully saturated rings. The standard InChI is InChI=1S/C15H28N2O4/c1-12(2)4-8-21-9-7-16-14(20)17-11-15(5-3-6-15)10-13(18)19/h12H,3-11H2,1-2H3,(H,18,19)(H2,16,17,20). The van der Waals surface area contributed by atoms with Crippen molar-refractivity contribution >= 4 is 12.0 Å². The van der Waals surface area contributed by atoms with Gasteiger partial charge in [-0.05, 0) is 30.6 Å². The van der Waals surface area contributed by atoms with Crippen molar-refractivity contribution in [2.75, 3.05) is 26.3 Å². The van der Waals surface area contributed by atoms with Crippen LogP contribution in [0.25, 0.3) is 0 Å². The van der Waals surface area contributed by atoms with Crippen molar-refractivity contribution in [3.63, 3.8) is 0 Å². The molecule has 6 nitrogen and oxygen atoms in total. The maximum absolute atomic E-state index is 11.6. The van der Waals surface area contributed by atoms with E-state index < -0.39 is 5.97 Å². The Balaban J connectivity index is 2.07. The largest absolute Gasteiger partial charge is 0.481 e. The maximum Gasteiger partial charge on any atom is 0.314 e. The van der Waals surface area contributed by atoms with Crippen LogP contribution in [0.2, 0.25) is 0 Å². The lowest BCUT2D eigenvalue weighted by Crippen LogP contribution is -2.47. The predicted molar refractivity (Wildman–Crippen MR) is 80.2 cm³/mol. The minimum atomic E-state index is -0.796. The summed E-state index contributed by atoms with van der Waals surface area (Å²) >= 11 is 0. The zero-order chi connectivity index (χ0) is 15.7. The van der Waals surface area contributed by atoms with Gasteiger partial charge in [0.15, 0.2) is 0 Å². The Morgan fingerprint density at radius 3 is 2.48 bits per heavy atom. The molecule has 0 bridgehead atoms. The van der Waals surface area contributed by atoms with Crippen LogP contribution < -0.4 is 10.6 Å². The van der Waals surface area contributed by atoms with Crippen molar-refractivity contribution in [2.24, 2.45) is 11.3 Å². The fraction of sp³-hybridized carbons (Fsp3) is 0.867. The Morgan fingerprint density at radius 2 is 1.95 bits per heavy atom. The van der Waals surface area contributed by atoms with Gasteiger partial charge in [-0.25, -0.2) is 4.79 Å². The Labute approximate surface area is 126 Å². The number of carbonyl (C=O) groups excluding carboxylic acids is 1. The third-order valence-electron chi connectivity index (χ3n) is 3.94. The van der Waals surface area contributed by atoms with E-state index >= 15 is 0 Å². The maximum atomic E-state index is 11.6. The van der Waals surface area contributed by atoms with Crippen LogP contribution in [-0.4, -0.2) is 43.4 Å². The number of hydrogen-bond acceptors (Lipinski definition) is 3. The highest BCUT2D eigenvalue weighted by Gasteiger charge is 2.39. The summed E-state index contributed by atoms with van der Waals surface area (Å²) in [4.78, 5) is 22.5. The topological polar surface area (TPSA) is 87.7 Å². The van der Waals surface area contributed by atoms with E-state index in [0.29, 0.717) is 32.2 Å². The zero-order valence-corrected chi connectivity index (χ0v) is 13.1. The fourth-order valence-electron chi connectivity index (χ4n) is 2.40. The SMILES string of the molecule is CC(C)CCOCCNC(=O)NCC1(CC(=O)O)CCC1. The number of ether oxygens (including phenoxy) is 1. The second-order valence-electron chi connectivity index (χ2n) is 6.33. The van der Waals surface area contributed by atoms with Gasteiger partial charge in [0, 0.05) is 19.7 Å². The number of carboxylic acids is 1. The lowest BCUT2D eigenvalue weighted by atomic mass is 9.66. The highest BCUT2D eigenvalue weighted by molar-refractivity contribution is 5.74. The molecule has 1 aliphatic carbocycles. The molecule has 6 heteroatoms. The number of nitrogens with one attached hydrogen (secondary N) is 2. The molecule has 0 radical (unpaired) electrons. The van der Waals surface area contributed by atoms with E-state index in [4.69, 9.17) is 9.84 Å². The number of carboxylic acid groups (broad SMARTS) is 1.